The summed E-state index contributed by atoms with van der Waals surface area (Å²) >= 11 is 0. The number of rotatable bonds is 7. The predicted octanol–water partition coefficient (Wildman–Crippen LogP) is 13.0. The van der Waals surface area contributed by atoms with Crippen molar-refractivity contribution in [2.24, 2.45) is 0 Å². The SMILES string of the molecule is c1ccc(-c2ccc(-c3ccc(N(c4cccc(-c5ccccc5)c4)c4cccc(-c5ccc6ccccc6c5)c4)cc3)cc2)cc1. The third-order valence-corrected chi connectivity index (χ3v) is 8.85. The van der Waals surface area contributed by atoms with E-state index < -0.39 is 0 Å². The van der Waals surface area contributed by atoms with Gasteiger partial charge in [-0.25, -0.2) is 0 Å². The molecule has 0 amide bonds. The molecule has 0 aromatic heterocycles. The van der Waals surface area contributed by atoms with E-state index in [1.807, 2.05) is 0 Å². The molecular formula is C46H33N. The van der Waals surface area contributed by atoms with Crippen LogP contribution in [0.1, 0.15) is 0 Å². The van der Waals surface area contributed by atoms with Gasteiger partial charge in [-0.1, -0.05) is 158 Å². The summed E-state index contributed by atoms with van der Waals surface area (Å²) in [6, 6.07) is 71.8. The largest absolute Gasteiger partial charge is 0.310 e. The number of benzene rings is 8. The number of anilines is 3. The molecule has 0 aliphatic carbocycles. The van der Waals surface area contributed by atoms with Crippen LogP contribution in [0.15, 0.2) is 200 Å². The van der Waals surface area contributed by atoms with E-state index in [0.717, 1.165) is 17.1 Å². The lowest BCUT2D eigenvalue weighted by Crippen LogP contribution is -2.10. The molecule has 0 aliphatic heterocycles. The number of hydrogen-bond acceptors (Lipinski definition) is 1. The molecule has 1 nitrogen and oxygen atoms in total. The first kappa shape index (κ1) is 28.3. The van der Waals surface area contributed by atoms with Gasteiger partial charge in [0.1, 0.15) is 0 Å². The van der Waals surface area contributed by atoms with Gasteiger partial charge in [0.05, 0.1) is 0 Å². The average Bonchev–Trinajstić information content (AvgIpc) is 3.16. The first-order chi connectivity index (χ1) is 23.3. The monoisotopic (exact) mass is 599 g/mol. The maximum atomic E-state index is 2.36. The van der Waals surface area contributed by atoms with Crippen molar-refractivity contribution in [1.29, 1.82) is 0 Å². The lowest BCUT2D eigenvalue weighted by molar-refractivity contribution is 1.28. The molecule has 47 heavy (non-hydrogen) atoms. The standard InChI is InChI=1S/C46H33N/c1-3-11-34(12-4-1)37-21-23-38(24-22-37)39-27-29-44(30-28-39)47(45-19-9-17-41(32-45)35-13-5-2-6-14-35)46-20-10-18-42(33-46)43-26-25-36-15-7-8-16-40(36)31-43/h1-33H. The van der Waals surface area contributed by atoms with Crippen molar-refractivity contribution in [2.75, 3.05) is 4.90 Å². The lowest BCUT2D eigenvalue weighted by atomic mass is 9.99. The zero-order valence-electron chi connectivity index (χ0n) is 26.0. The van der Waals surface area contributed by atoms with Crippen molar-refractivity contribution in [3.8, 4) is 44.5 Å². The van der Waals surface area contributed by atoms with Crippen LogP contribution >= 0.6 is 0 Å². The van der Waals surface area contributed by atoms with Crippen LogP contribution in [0.3, 0.4) is 0 Å². The van der Waals surface area contributed by atoms with E-state index in [0.29, 0.717) is 0 Å². The Bertz CT molecular complexity index is 2270. The molecule has 0 bridgehead atoms. The molecule has 0 aliphatic rings. The maximum absolute atomic E-state index is 2.36. The van der Waals surface area contributed by atoms with Crippen LogP contribution in [0.25, 0.3) is 55.3 Å². The summed E-state index contributed by atoms with van der Waals surface area (Å²) in [6.45, 7) is 0. The van der Waals surface area contributed by atoms with E-state index in [9.17, 15) is 0 Å². The topological polar surface area (TPSA) is 3.24 Å². The number of hydrogen-bond donors (Lipinski definition) is 0. The Hall–Kier alpha value is -6.18. The average molecular weight is 600 g/mol. The Morgan fingerprint density at radius 2 is 0.596 bits per heavy atom. The fourth-order valence-corrected chi connectivity index (χ4v) is 6.38. The lowest BCUT2D eigenvalue weighted by Gasteiger charge is -2.27. The van der Waals surface area contributed by atoms with Gasteiger partial charge in [0, 0.05) is 17.1 Å². The second-order valence-electron chi connectivity index (χ2n) is 11.9. The molecule has 0 spiro atoms. The van der Waals surface area contributed by atoms with Crippen LogP contribution in [0.5, 0.6) is 0 Å². The van der Waals surface area contributed by atoms with Gasteiger partial charge in [0.25, 0.3) is 0 Å². The van der Waals surface area contributed by atoms with Crippen molar-refractivity contribution in [3.63, 3.8) is 0 Å². The molecule has 0 heterocycles. The summed E-state index contributed by atoms with van der Waals surface area (Å²) in [6.07, 6.45) is 0. The molecule has 0 saturated heterocycles. The van der Waals surface area contributed by atoms with Crippen molar-refractivity contribution in [2.45, 2.75) is 0 Å². The van der Waals surface area contributed by atoms with Crippen molar-refractivity contribution >= 4 is 27.8 Å². The molecule has 0 fully saturated rings. The maximum Gasteiger partial charge on any atom is 0.0467 e. The van der Waals surface area contributed by atoms with Gasteiger partial charge in [0.2, 0.25) is 0 Å². The van der Waals surface area contributed by atoms with E-state index in [1.165, 1.54) is 55.3 Å². The van der Waals surface area contributed by atoms with Crippen LogP contribution in [0.4, 0.5) is 17.1 Å². The van der Waals surface area contributed by atoms with E-state index in [-0.39, 0.29) is 0 Å². The summed E-state index contributed by atoms with van der Waals surface area (Å²) in [5, 5.41) is 2.50. The van der Waals surface area contributed by atoms with Gasteiger partial charge in [-0.2, -0.15) is 0 Å². The number of nitrogens with zero attached hydrogens (tertiary/aromatic N) is 1. The molecule has 8 aromatic carbocycles. The molecule has 0 saturated carbocycles. The second kappa shape index (κ2) is 12.7. The summed E-state index contributed by atoms with van der Waals surface area (Å²) < 4.78 is 0. The van der Waals surface area contributed by atoms with E-state index in [4.69, 9.17) is 0 Å². The first-order valence-electron chi connectivity index (χ1n) is 16.1. The van der Waals surface area contributed by atoms with Gasteiger partial charge >= 0.3 is 0 Å². The minimum atomic E-state index is 1.11. The molecule has 1 heteroatoms. The van der Waals surface area contributed by atoms with E-state index in [2.05, 4.69) is 205 Å². The Kier molecular flexibility index (Phi) is 7.63. The summed E-state index contributed by atoms with van der Waals surface area (Å²) in [4.78, 5) is 2.36. The van der Waals surface area contributed by atoms with Crippen LogP contribution < -0.4 is 4.90 Å². The Labute approximate surface area is 276 Å². The van der Waals surface area contributed by atoms with Crippen molar-refractivity contribution in [1.82, 2.24) is 0 Å². The van der Waals surface area contributed by atoms with Gasteiger partial charge in [0.15, 0.2) is 0 Å². The van der Waals surface area contributed by atoms with E-state index >= 15 is 0 Å². The Balaban J connectivity index is 1.19. The smallest absolute Gasteiger partial charge is 0.0467 e. The third kappa shape index (κ3) is 5.95. The van der Waals surface area contributed by atoms with Crippen molar-refractivity contribution < 1.29 is 0 Å². The van der Waals surface area contributed by atoms with Crippen LogP contribution in [0.2, 0.25) is 0 Å². The second-order valence-corrected chi connectivity index (χ2v) is 11.9. The molecule has 8 rings (SSSR count). The Morgan fingerprint density at radius 3 is 1.17 bits per heavy atom. The van der Waals surface area contributed by atoms with Crippen LogP contribution in [0, 0.1) is 0 Å². The van der Waals surface area contributed by atoms with Crippen LogP contribution in [-0.2, 0) is 0 Å². The molecule has 0 radical (unpaired) electrons. The van der Waals surface area contributed by atoms with Gasteiger partial charge in [-0.3, -0.25) is 0 Å². The highest BCUT2D eigenvalue weighted by atomic mass is 15.1. The minimum Gasteiger partial charge on any atom is -0.310 e. The summed E-state index contributed by atoms with van der Waals surface area (Å²) in [5.74, 6) is 0. The van der Waals surface area contributed by atoms with Gasteiger partial charge in [-0.05, 0) is 97.7 Å². The zero-order chi connectivity index (χ0) is 31.4. The zero-order valence-corrected chi connectivity index (χ0v) is 26.0. The van der Waals surface area contributed by atoms with Gasteiger partial charge < -0.3 is 4.90 Å². The summed E-state index contributed by atoms with van der Waals surface area (Å²) in [7, 11) is 0. The highest BCUT2D eigenvalue weighted by molar-refractivity contribution is 5.89. The highest BCUT2D eigenvalue weighted by Crippen LogP contribution is 2.39. The molecule has 8 aromatic rings. The molecule has 222 valence electrons. The molecule has 0 N–H and O–H groups in total. The summed E-state index contributed by atoms with van der Waals surface area (Å²) in [5.41, 5.74) is 13.0. The molecule has 0 atom stereocenters. The van der Waals surface area contributed by atoms with Crippen molar-refractivity contribution in [3.05, 3.63) is 200 Å². The number of fused-ring (bicyclic) bond motifs is 1. The van der Waals surface area contributed by atoms with Crippen LogP contribution in [-0.4, -0.2) is 0 Å². The van der Waals surface area contributed by atoms with Gasteiger partial charge in [-0.15, -0.1) is 0 Å². The Morgan fingerprint density at radius 1 is 0.213 bits per heavy atom. The molecule has 0 unspecified atom stereocenters. The van der Waals surface area contributed by atoms with E-state index in [1.54, 1.807) is 0 Å². The normalized spacial score (nSPS) is 11.0. The fourth-order valence-electron chi connectivity index (χ4n) is 6.38. The fraction of sp³-hybridized carbons (Fsp3) is 0. The minimum absolute atomic E-state index is 1.11. The third-order valence-electron chi connectivity index (χ3n) is 8.85. The predicted molar refractivity (Wildman–Crippen MR) is 200 cm³/mol. The quantitative estimate of drug-likeness (QED) is 0.176. The highest BCUT2D eigenvalue weighted by Gasteiger charge is 2.15. The molecular weight excluding hydrogens is 567 g/mol. The first-order valence-corrected chi connectivity index (χ1v) is 16.1.